The molecule has 60 heavy (non-hydrogen) atoms. The molecule has 0 atom stereocenters. The van der Waals surface area contributed by atoms with Crippen LogP contribution in [0.15, 0.2) is 82.8 Å². The van der Waals surface area contributed by atoms with Gasteiger partial charge in [0.15, 0.2) is 0 Å². The number of hydrogen-bond acceptors (Lipinski definition) is 10. The molecule has 316 valence electrons. The van der Waals surface area contributed by atoms with Crippen LogP contribution in [0.5, 0.6) is 0 Å². The number of fused-ring (bicyclic) bond motifs is 1. The molecule has 1 saturated carbocycles. The van der Waals surface area contributed by atoms with Crippen LogP contribution in [0.1, 0.15) is 104 Å². The quantitative estimate of drug-likeness (QED) is 0.0346. The van der Waals surface area contributed by atoms with Crippen molar-refractivity contribution in [1.29, 1.82) is 0 Å². The number of sulfonamides is 1. The zero-order valence-electron chi connectivity index (χ0n) is 33.9. The second-order valence-electron chi connectivity index (χ2n) is 15.0. The first-order valence-corrected chi connectivity index (χ1v) is 22.5. The van der Waals surface area contributed by atoms with E-state index in [2.05, 4.69) is 20.7 Å². The fourth-order valence-corrected chi connectivity index (χ4v) is 11.0. The van der Waals surface area contributed by atoms with Crippen LogP contribution >= 0.6 is 11.3 Å². The molecule has 2 amide bonds. The van der Waals surface area contributed by atoms with E-state index in [1.165, 1.54) is 54.1 Å². The molecule has 2 aliphatic carbocycles. The molecule has 4 aromatic rings. The maximum Gasteiger partial charge on any atom is 0.337 e. The summed E-state index contributed by atoms with van der Waals surface area (Å²) in [6.07, 6.45) is 8.15. The molecule has 6 rings (SSSR count). The minimum absolute atomic E-state index is 0.0600. The van der Waals surface area contributed by atoms with E-state index < -0.39 is 15.9 Å². The Morgan fingerprint density at radius 2 is 1.52 bits per heavy atom. The van der Waals surface area contributed by atoms with Crippen LogP contribution in [0.25, 0.3) is 10.4 Å². The molecule has 2 aliphatic rings. The van der Waals surface area contributed by atoms with Gasteiger partial charge in [-0.15, -0.1) is 11.3 Å². The maximum absolute atomic E-state index is 14.3. The monoisotopic (exact) mass is 854 g/mol. The van der Waals surface area contributed by atoms with Crippen LogP contribution in [-0.2, 0) is 50.0 Å². The predicted octanol–water partition coefficient (Wildman–Crippen LogP) is 8.52. The van der Waals surface area contributed by atoms with E-state index in [0.717, 1.165) is 60.1 Å². The van der Waals surface area contributed by atoms with Crippen molar-refractivity contribution in [2.45, 2.75) is 88.0 Å². The van der Waals surface area contributed by atoms with Gasteiger partial charge in [-0.05, 0) is 142 Å². The first-order chi connectivity index (χ1) is 29.0. The van der Waals surface area contributed by atoms with E-state index >= 15 is 0 Å². The Balaban J connectivity index is 1.14. The van der Waals surface area contributed by atoms with Crippen LogP contribution < -0.4 is 10.6 Å². The van der Waals surface area contributed by atoms with Crippen molar-refractivity contribution in [3.63, 3.8) is 0 Å². The van der Waals surface area contributed by atoms with Gasteiger partial charge in [0.2, 0.25) is 10.0 Å². The standard InChI is InChI=1S/C44H50N6O8S2/c1-57-43(53)31-18-14-29(15-19-31)8-5-9-30-16-22-34(23-17-30)47-41(52)39-37-12-3-4-13-38(37)59-42(39)48-40(51)33-10-6-11-36(28-33)60(55,56)50(27-7-26-46-49-45)35-24-20-32(21-25-35)44(54)58-2/h6,10-11,14-19,22-23,28,32,35H,3-5,7-9,12-13,20-21,24-27H2,1-2H3,(H,47,52)(H,48,51)/t32-,35-. The molecule has 2 N–H and O–H groups in total. The Labute approximate surface area is 354 Å². The van der Waals surface area contributed by atoms with Crippen LogP contribution in [-0.4, -0.2) is 69.8 Å². The summed E-state index contributed by atoms with van der Waals surface area (Å²) in [5.74, 6) is -1.84. The van der Waals surface area contributed by atoms with Gasteiger partial charge in [0, 0.05) is 40.2 Å². The summed E-state index contributed by atoms with van der Waals surface area (Å²) >= 11 is 1.38. The van der Waals surface area contributed by atoms with Gasteiger partial charge in [-0.25, -0.2) is 13.2 Å². The number of carbonyl (C=O) groups excluding carboxylic acids is 4. The number of amides is 2. The lowest BCUT2D eigenvalue weighted by molar-refractivity contribution is -0.146. The number of anilines is 2. The molecule has 0 spiro atoms. The summed E-state index contributed by atoms with van der Waals surface area (Å²) in [6, 6.07) is 20.6. The molecular formula is C44H50N6O8S2. The first-order valence-electron chi connectivity index (χ1n) is 20.3. The lowest BCUT2D eigenvalue weighted by atomic mass is 9.86. The van der Waals surface area contributed by atoms with Gasteiger partial charge in [-0.2, -0.15) is 4.31 Å². The molecule has 16 heteroatoms. The Morgan fingerprint density at radius 3 is 2.18 bits per heavy atom. The maximum atomic E-state index is 14.3. The number of methoxy groups -OCH3 is 2. The summed E-state index contributed by atoms with van der Waals surface area (Å²) in [7, 11) is -1.41. The number of ether oxygens (including phenoxy) is 2. The van der Waals surface area contributed by atoms with Crippen molar-refractivity contribution >= 4 is 55.8 Å². The van der Waals surface area contributed by atoms with E-state index in [1.807, 2.05) is 36.4 Å². The minimum atomic E-state index is -4.12. The van der Waals surface area contributed by atoms with Gasteiger partial charge in [0.05, 0.1) is 36.2 Å². The van der Waals surface area contributed by atoms with Crippen molar-refractivity contribution < 1.29 is 37.1 Å². The number of esters is 2. The molecular weight excluding hydrogens is 805 g/mol. The van der Waals surface area contributed by atoms with E-state index in [0.29, 0.717) is 60.3 Å². The summed E-state index contributed by atoms with van der Waals surface area (Å²) in [4.78, 5) is 55.5. The van der Waals surface area contributed by atoms with E-state index in [1.54, 1.807) is 12.1 Å². The van der Waals surface area contributed by atoms with Crippen molar-refractivity contribution in [3.8, 4) is 0 Å². The molecule has 0 aliphatic heterocycles. The Hall–Kier alpha value is -5.54. The minimum Gasteiger partial charge on any atom is -0.469 e. The molecule has 0 bridgehead atoms. The van der Waals surface area contributed by atoms with Crippen LogP contribution in [0, 0.1) is 5.92 Å². The van der Waals surface area contributed by atoms with Gasteiger partial charge in [0.1, 0.15) is 5.00 Å². The van der Waals surface area contributed by atoms with Crippen molar-refractivity contribution in [3.05, 3.63) is 121 Å². The summed E-state index contributed by atoms with van der Waals surface area (Å²) in [5.41, 5.74) is 13.6. The van der Waals surface area contributed by atoms with Crippen LogP contribution in [0.2, 0.25) is 0 Å². The lowest BCUT2D eigenvalue weighted by Gasteiger charge is -2.35. The van der Waals surface area contributed by atoms with Gasteiger partial charge in [0.25, 0.3) is 11.8 Å². The average Bonchev–Trinajstić information content (AvgIpc) is 3.64. The van der Waals surface area contributed by atoms with Gasteiger partial charge >= 0.3 is 11.9 Å². The zero-order chi connectivity index (χ0) is 42.6. The molecule has 3 aromatic carbocycles. The van der Waals surface area contributed by atoms with Crippen molar-refractivity contribution in [2.24, 2.45) is 11.0 Å². The number of nitrogens with zero attached hydrogens (tertiary/aromatic N) is 4. The van der Waals surface area contributed by atoms with Crippen molar-refractivity contribution in [1.82, 2.24) is 4.31 Å². The largest absolute Gasteiger partial charge is 0.469 e. The number of hydrogen-bond donors (Lipinski definition) is 2. The summed E-state index contributed by atoms with van der Waals surface area (Å²) < 4.78 is 39.6. The van der Waals surface area contributed by atoms with Gasteiger partial charge in [-0.1, -0.05) is 35.4 Å². The number of carbonyl (C=O) groups is 4. The highest BCUT2D eigenvalue weighted by atomic mass is 32.2. The Bertz CT molecular complexity index is 2330. The third kappa shape index (κ3) is 10.8. The topological polar surface area (TPSA) is 197 Å². The number of thiophene rings is 1. The Kier molecular flexibility index (Phi) is 15.1. The number of aryl methyl sites for hydroxylation is 3. The molecule has 0 radical (unpaired) electrons. The van der Waals surface area contributed by atoms with E-state index in [9.17, 15) is 27.6 Å². The highest BCUT2D eigenvalue weighted by molar-refractivity contribution is 7.89. The molecule has 1 aromatic heterocycles. The normalized spacial score (nSPS) is 16.2. The number of azide groups is 1. The smallest absolute Gasteiger partial charge is 0.337 e. The molecule has 0 unspecified atom stereocenters. The second kappa shape index (κ2) is 20.6. The fourth-order valence-electron chi connectivity index (χ4n) is 7.98. The zero-order valence-corrected chi connectivity index (χ0v) is 35.5. The van der Waals surface area contributed by atoms with Gasteiger partial charge < -0.3 is 20.1 Å². The van der Waals surface area contributed by atoms with E-state index in [-0.39, 0.29) is 53.4 Å². The van der Waals surface area contributed by atoms with Crippen LogP contribution in [0.3, 0.4) is 0 Å². The van der Waals surface area contributed by atoms with E-state index in [4.69, 9.17) is 15.0 Å². The molecule has 0 saturated heterocycles. The van der Waals surface area contributed by atoms with Crippen molar-refractivity contribution in [2.75, 3.05) is 37.9 Å². The highest BCUT2D eigenvalue weighted by Crippen LogP contribution is 2.39. The van der Waals surface area contributed by atoms with Gasteiger partial charge in [-0.3, -0.25) is 14.4 Å². The molecule has 14 nitrogen and oxygen atoms in total. The average molecular weight is 855 g/mol. The summed E-state index contributed by atoms with van der Waals surface area (Å²) in [6.45, 7) is 0.218. The lowest BCUT2D eigenvalue weighted by Crippen LogP contribution is -2.43. The number of nitrogens with one attached hydrogen (secondary N) is 2. The highest BCUT2D eigenvalue weighted by Gasteiger charge is 2.36. The Morgan fingerprint density at radius 1 is 0.833 bits per heavy atom. The third-order valence-electron chi connectivity index (χ3n) is 11.2. The SMILES string of the molecule is COC(=O)c1ccc(CCCc2ccc(NC(=O)c3c(NC(=O)c4cccc(S(=O)(=O)N(CCCN=[N+]=[N-])[C@H]5CC[C@H](C(=O)OC)CC5)c4)sc4c3CCCC4)cc2)cc1. The third-order valence-corrected chi connectivity index (χ3v) is 14.3. The number of benzene rings is 3. The fraction of sp³-hybridized carbons (Fsp3) is 0.409. The van der Waals surface area contributed by atoms with Crippen LogP contribution in [0.4, 0.5) is 10.7 Å². The summed E-state index contributed by atoms with van der Waals surface area (Å²) in [5, 5.41) is 9.96. The number of rotatable bonds is 17. The predicted molar refractivity (Wildman–Crippen MR) is 230 cm³/mol. The molecule has 1 heterocycles. The first kappa shape index (κ1) is 44.0. The molecule has 1 fully saturated rings. The second-order valence-corrected chi connectivity index (χ2v) is 18.0.